The smallest absolute Gasteiger partial charge is 0.475 e. The maximum Gasteiger partial charge on any atom is 0.490 e. The number of piperidine rings is 2. The molecule has 9 nitrogen and oxygen atoms in total. The van der Waals surface area contributed by atoms with E-state index in [-0.39, 0.29) is 17.6 Å². The average molecular weight is 491 g/mol. The van der Waals surface area contributed by atoms with Gasteiger partial charge in [0.2, 0.25) is 0 Å². The van der Waals surface area contributed by atoms with E-state index in [4.69, 9.17) is 9.90 Å². The summed E-state index contributed by atoms with van der Waals surface area (Å²) in [6.07, 6.45) is 1.47. The van der Waals surface area contributed by atoms with E-state index in [0.717, 1.165) is 23.2 Å². The number of carboxylic acids is 1. The molecule has 2 bridgehead atoms. The largest absolute Gasteiger partial charge is 0.490 e. The van der Waals surface area contributed by atoms with Crippen molar-refractivity contribution in [1.82, 2.24) is 19.4 Å². The number of nitrogens with one attached hydrogen (secondary N) is 1. The van der Waals surface area contributed by atoms with Gasteiger partial charge in [-0.25, -0.2) is 13.2 Å². The van der Waals surface area contributed by atoms with Crippen molar-refractivity contribution in [2.45, 2.75) is 56.4 Å². The molecule has 0 radical (unpaired) electrons. The number of para-hydroxylation sites is 1. The first kappa shape index (κ1) is 25.0. The normalized spacial score (nSPS) is 23.5. The number of rotatable bonds is 3. The third kappa shape index (κ3) is 5.64. The Morgan fingerprint density at radius 2 is 1.70 bits per heavy atom. The van der Waals surface area contributed by atoms with Crippen LogP contribution in [0.4, 0.5) is 13.2 Å². The Labute approximate surface area is 188 Å². The standard InChI is InChI=1S/C18H24N4O3S.C2HF3O2/c1-21-13-6-5-7-14(21)11-12(10-13)19-18(23)17-15-8-3-4-9-16(15)22(20-17)26(2,24)25;3-2(4,5)1(6)7/h3-4,8-9,12-14H,5-7,10-11H2,1-2H3,(H,19,23);(H,6,7)/t12?,13-,14+;. The van der Waals surface area contributed by atoms with Crippen LogP contribution in [0.25, 0.3) is 10.9 Å². The number of carbonyl (C=O) groups is 2. The van der Waals surface area contributed by atoms with Gasteiger partial charge in [0.05, 0.1) is 11.8 Å². The van der Waals surface area contributed by atoms with Crippen molar-refractivity contribution in [1.29, 1.82) is 0 Å². The van der Waals surface area contributed by atoms with E-state index in [1.165, 1.54) is 19.3 Å². The van der Waals surface area contributed by atoms with Gasteiger partial charge in [-0.1, -0.05) is 24.6 Å². The SMILES string of the molecule is CN1[C@@H]2CCC[C@H]1CC(NC(=O)c1nn(S(C)(=O)=O)c3ccccc13)C2.O=C(O)C(F)(F)F. The summed E-state index contributed by atoms with van der Waals surface area (Å²) >= 11 is 0. The molecule has 33 heavy (non-hydrogen) atoms. The molecule has 1 amide bonds. The number of hydrogen-bond acceptors (Lipinski definition) is 6. The maximum atomic E-state index is 12.9. The summed E-state index contributed by atoms with van der Waals surface area (Å²) in [6.45, 7) is 0. The highest BCUT2D eigenvalue weighted by molar-refractivity contribution is 7.89. The van der Waals surface area contributed by atoms with E-state index in [1.807, 2.05) is 0 Å². The van der Waals surface area contributed by atoms with E-state index in [9.17, 15) is 26.4 Å². The Morgan fingerprint density at radius 3 is 2.21 bits per heavy atom. The molecule has 2 saturated heterocycles. The fourth-order valence-electron chi connectivity index (χ4n) is 4.45. The quantitative estimate of drug-likeness (QED) is 0.677. The van der Waals surface area contributed by atoms with Crippen LogP contribution in [0.15, 0.2) is 24.3 Å². The highest BCUT2D eigenvalue weighted by atomic mass is 32.2. The first-order valence-corrected chi connectivity index (χ1v) is 12.1. The zero-order valence-corrected chi connectivity index (χ0v) is 18.9. The van der Waals surface area contributed by atoms with E-state index in [0.29, 0.717) is 23.0 Å². The molecule has 3 heterocycles. The van der Waals surface area contributed by atoms with Crippen LogP contribution < -0.4 is 5.32 Å². The monoisotopic (exact) mass is 490 g/mol. The van der Waals surface area contributed by atoms with Crippen molar-refractivity contribution in [3.05, 3.63) is 30.0 Å². The minimum absolute atomic E-state index is 0.108. The van der Waals surface area contributed by atoms with Crippen molar-refractivity contribution >= 4 is 32.8 Å². The fourth-order valence-corrected chi connectivity index (χ4v) is 5.19. The lowest BCUT2D eigenvalue weighted by Gasteiger charge is -2.47. The van der Waals surface area contributed by atoms with Crippen molar-refractivity contribution in [2.75, 3.05) is 13.3 Å². The number of benzene rings is 1. The van der Waals surface area contributed by atoms with Crippen LogP contribution in [-0.2, 0) is 14.8 Å². The van der Waals surface area contributed by atoms with Crippen LogP contribution in [0, 0.1) is 0 Å². The maximum absolute atomic E-state index is 12.9. The van der Waals surface area contributed by atoms with Crippen LogP contribution in [0.2, 0.25) is 0 Å². The molecule has 2 aliphatic heterocycles. The summed E-state index contributed by atoms with van der Waals surface area (Å²) in [7, 11) is -1.40. The van der Waals surface area contributed by atoms with Gasteiger partial charge < -0.3 is 15.3 Å². The topological polar surface area (TPSA) is 122 Å². The van der Waals surface area contributed by atoms with E-state index >= 15 is 0 Å². The number of carbonyl (C=O) groups excluding carboxylic acids is 1. The Balaban J connectivity index is 0.000000383. The van der Waals surface area contributed by atoms with Crippen LogP contribution in [0.3, 0.4) is 0 Å². The highest BCUT2D eigenvalue weighted by Crippen LogP contribution is 2.33. The number of amides is 1. The van der Waals surface area contributed by atoms with Crippen molar-refractivity contribution in [3.8, 4) is 0 Å². The van der Waals surface area contributed by atoms with Gasteiger partial charge in [0.25, 0.3) is 15.9 Å². The molecule has 1 aromatic carbocycles. The minimum atomic E-state index is -5.08. The summed E-state index contributed by atoms with van der Waals surface area (Å²) < 4.78 is 56.7. The molecule has 0 aliphatic carbocycles. The number of fused-ring (bicyclic) bond motifs is 3. The molecule has 2 aliphatic rings. The number of halogens is 3. The molecular formula is C20H25F3N4O5S. The Morgan fingerprint density at radius 1 is 1.15 bits per heavy atom. The molecule has 2 fully saturated rings. The number of hydrogen-bond donors (Lipinski definition) is 2. The van der Waals surface area contributed by atoms with Gasteiger partial charge in [-0.15, -0.1) is 0 Å². The Bertz CT molecular complexity index is 1130. The average Bonchev–Trinajstić information content (AvgIpc) is 3.09. The predicted octanol–water partition coefficient (Wildman–Crippen LogP) is 2.22. The third-order valence-corrected chi connectivity index (χ3v) is 6.91. The predicted molar refractivity (Wildman–Crippen MR) is 113 cm³/mol. The summed E-state index contributed by atoms with van der Waals surface area (Å²) in [6, 6.07) is 8.06. The number of alkyl halides is 3. The van der Waals surface area contributed by atoms with Gasteiger partial charge in [-0.2, -0.15) is 22.4 Å². The first-order chi connectivity index (χ1) is 15.3. The minimum Gasteiger partial charge on any atom is -0.475 e. The lowest BCUT2D eigenvalue weighted by atomic mass is 9.82. The van der Waals surface area contributed by atoms with E-state index in [1.54, 1.807) is 24.3 Å². The van der Waals surface area contributed by atoms with Crippen molar-refractivity contribution in [3.63, 3.8) is 0 Å². The zero-order chi connectivity index (χ0) is 24.6. The molecular weight excluding hydrogens is 465 g/mol. The van der Waals surface area contributed by atoms with Gasteiger partial charge in [-0.3, -0.25) is 4.79 Å². The van der Waals surface area contributed by atoms with Crippen molar-refractivity contribution in [2.24, 2.45) is 0 Å². The molecule has 182 valence electrons. The van der Waals surface area contributed by atoms with E-state index < -0.39 is 22.2 Å². The number of aromatic nitrogens is 2. The summed E-state index contributed by atoms with van der Waals surface area (Å²) in [5.41, 5.74) is 0.607. The molecule has 3 atom stereocenters. The van der Waals surface area contributed by atoms with Gasteiger partial charge in [0.1, 0.15) is 0 Å². The Hall–Kier alpha value is -2.67. The highest BCUT2D eigenvalue weighted by Gasteiger charge is 2.38. The second kappa shape index (κ2) is 9.29. The molecule has 2 N–H and O–H groups in total. The molecule has 0 spiro atoms. The van der Waals surface area contributed by atoms with Gasteiger partial charge in [-0.05, 0) is 38.8 Å². The molecule has 4 rings (SSSR count). The lowest BCUT2D eigenvalue weighted by Crippen LogP contribution is -2.55. The third-order valence-electron chi connectivity index (χ3n) is 6.00. The lowest BCUT2D eigenvalue weighted by molar-refractivity contribution is -0.192. The van der Waals surface area contributed by atoms with E-state index in [2.05, 4.69) is 22.4 Å². The molecule has 2 aromatic rings. The first-order valence-electron chi connectivity index (χ1n) is 10.3. The molecule has 0 saturated carbocycles. The van der Waals surface area contributed by atoms with Crippen molar-refractivity contribution < 1.29 is 36.3 Å². The van der Waals surface area contributed by atoms with Crippen LogP contribution in [0.5, 0.6) is 0 Å². The van der Waals surface area contributed by atoms with Crippen LogP contribution >= 0.6 is 0 Å². The Kier molecular flexibility index (Phi) is 7.03. The zero-order valence-electron chi connectivity index (χ0n) is 18.0. The number of nitrogens with zero attached hydrogens (tertiary/aromatic N) is 3. The van der Waals surface area contributed by atoms with Crippen LogP contribution in [-0.4, -0.2) is 77.1 Å². The van der Waals surface area contributed by atoms with Crippen LogP contribution in [0.1, 0.15) is 42.6 Å². The molecule has 13 heteroatoms. The molecule has 1 aromatic heterocycles. The fraction of sp³-hybridized carbons (Fsp3) is 0.550. The summed E-state index contributed by atoms with van der Waals surface area (Å²) in [4.78, 5) is 24.2. The summed E-state index contributed by atoms with van der Waals surface area (Å²) in [5, 5.41) is 14.9. The summed E-state index contributed by atoms with van der Waals surface area (Å²) in [5.74, 6) is -3.05. The molecule has 1 unspecified atom stereocenters. The number of aliphatic carboxylic acids is 1. The number of carboxylic acid groups (broad SMARTS) is 1. The van der Waals surface area contributed by atoms with Gasteiger partial charge in [0, 0.05) is 23.5 Å². The van der Waals surface area contributed by atoms with Gasteiger partial charge >= 0.3 is 12.1 Å². The van der Waals surface area contributed by atoms with Gasteiger partial charge in [0.15, 0.2) is 5.69 Å². The second-order valence-electron chi connectivity index (χ2n) is 8.32. The second-order valence-corrected chi connectivity index (χ2v) is 10.1.